The molecule has 1 aliphatic heterocycles. The van der Waals surface area contributed by atoms with Gasteiger partial charge in [0.15, 0.2) is 0 Å². The Morgan fingerprint density at radius 3 is 2.24 bits per heavy atom. The Balaban J connectivity index is 1.77. The topological polar surface area (TPSA) is 16.1 Å². The summed E-state index contributed by atoms with van der Waals surface area (Å²) >= 11 is 5.76. The molecule has 2 aliphatic rings. The highest BCUT2D eigenvalue weighted by molar-refractivity contribution is 6.29. The summed E-state index contributed by atoms with van der Waals surface area (Å²) in [7, 11) is 0. The van der Waals surface area contributed by atoms with E-state index in [1.807, 2.05) is 4.90 Å². The van der Waals surface area contributed by atoms with Crippen LogP contribution in [0.15, 0.2) is 12.1 Å². The molecule has 1 aromatic rings. The fraction of sp³-hybridized carbons (Fsp3) is 0.667. The van der Waals surface area contributed by atoms with Crippen LogP contribution in [-0.2, 0) is 6.18 Å². The van der Waals surface area contributed by atoms with Gasteiger partial charge in [-0.1, -0.05) is 24.4 Å². The van der Waals surface area contributed by atoms with Gasteiger partial charge in [-0.05, 0) is 43.2 Å². The molecule has 0 aromatic carbocycles. The van der Waals surface area contributed by atoms with Gasteiger partial charge < -0.3 is 4.90 Å². The smallest absolute Gasteiger partial charge is 0.357 e. The lowest BCUT2D eigenvalue weighted by atomic mass is 9.77. The minimum atomic E-state index is -4.39. The molecule has 21 heavy (non-hydrogen) atoms. The monoisotopic (exact) mass is 318 g/mol. The molecule has 6 heteroatoms. The van der Waals surface area contributed by atoms with E-state index in [0.29, 0.717) is 11.2 Å². The highest BCUT2D eigenvalue weighted by Gasteiger charge is 2.38. The third-order valence-corrected chi connectivity index (χ3v) is 5.11. The Kier molecular flexibility index (Phi) is 3.80. The molecule has 3 rings (SSSR count). The Hall–Kier alpha value is -0.970. The zero-order chi connectivity index (χ0) is 15.1. The van der Waals surface area contributed by atoms with Crippen LogP contribution in [0.2, 0.25) is 5.15 Å². The minimum Gasteiger partial charge on any atom is -0.357 e. The Morgan fingerprint density at radius 1 is 1.05 bits per heavy atom. The van der Waals surface area contributed by atoms with E-state index in [-0.39, 0.29) is 5.15 Å². The van der Waals surface area contributed by atoms with Gasteiger partial charge in [0.1, 0.15) is 11.0 Å². The van der Waals surface area contributed by atoms with E-state index in [9.17, 15) is 13.2 Å². The first-order valence-electron chi connectivity index (χ1n) is 7.38. The molecular formula is C15H18ClF3N2. The lowest BCUT2D eigenvalue weighted by molar-refractivity contribution is -0.137. The van der Waals surface area contributed by atoms with Crippen molar-refractivity contribution >= 4 is 17.4 Å². The van der Waals surface area contributed by atoms with E-state index in [1.54, 1.807) is 0 Å². The van der Waals surface area contributed by atoms with Crippen molar-refractivity contribution in [3.63, 3.8) is 0 Å². The number of rotatable bonds is 1. The van der Waals surface area contributed by atoms with Crippen LogP contribution in [0.3, 0.4) is 0 Å². The quantitative estimate of drug-likeness (QED) is 0.684. The fourth-order valence-electron chi connectivity index (χ4n) is 3.64. The lowest BCUT2D eigenvalue weighted by Crippen LogP contribution is -2.39. The summed E-state index contributed by atoms with van der Waals surface area (Å²) in [6.45, 7) is 1.54. The van der Waals surface area contributed by atoms with Crippen LogP contribution >= 0.6 is 11.6 Å². The van der Waals surface area contributed by atoms with Crippen molar-refractivity contribution in [1.82, 2.24) is 4.98 Å². The highest BCUT2D eigenvalue weighted by atomic mass is 35.5. The van der Waals surface area contributed by atoms with Gasteiger partial charge in [0.05, 0.1) is 5.56 Å². The van der Waals surface area contributed by atoms with E-state index in [2.05, 4.69) is 4.98 Å². The van der Waals surface area contributed by atoms with Gasteiger partial charge >= 0.3 is 6.18 Å². The molecule has 0 atom stereocenters. The molecule has 116 valence electrons. The van der Waals surface area contributed by atoms with Crippen LogP contribution < -0.4 is 4.90 Å². The van der Waals surface area contributed by atoms with Gasteiger partial charge in [0, 0.05) is 13.1 Å². The molecule has 2 nitrogen and oxygen atoms in total. The molecule has 1 spiro atoms. The van der Waals surface area contributed by atoms with E-state index in [0.717, 1.165) is 38.1 Å². The number of pyridine rings is 1. The second-order valence-electron chi connectivity index (χ2n) is 6.23. The predicted octanol–water partition coefficient (Wildman–Crippen LogP) is 4.91. The van der Waals surface area contributed by atoms with E-state index >= 15 is 0 Å². The van der Waals surface area contributed by atoms with Crippen LogP contribution in [0.1, 0.15) is 44.1 Å². The first-order chi connectivity index (χ1) is 9.88. The Bertz CT molecular complexity index is 514. The van der Waals surface area contributed by atoms with Crippen molar-refractivity contribution in [2.75, 3.05) is 18.0 Å². The van der Waals surface area contributed by atoms with E-state index in [4.69, 9.17) is 11.6 Å². The summed E-state index contributed by atoms with van der Waals surface area (Å²) in [5.41, 5.74) is -0.291. The van der Waals surface area contributed by atoms with Crippen LogP contribution in [0, 0.1) is 5.41 Å². The normalized spacial score (nSPS) is 22.0. The number of alkyl halides is 3. The zero-order valence-electron chi connectivity index (χ0n) is 11.7. The molecule has 1 saturated heterocycles. The van der Waals surface area contributed by atoms with E-state index < -0.39 is 11.7 Å². The van der Waals surface area contributed by atoms with Crippen molar-refractivity contribution in [2.45, 2.75) is 44.7 Å². The SMILES string of the molecule is FC(F)(F)c1cc(Cl)nc(N2CCC3(CCCC3)CC2)c1. The number of nitrogens with zero attached hydrogens (tertiary/aromatic N) is 2. The van der Waals surface area contributed by atoms with Gasteiger partial charge in [-0.25, -0.2) is 4.98 Å². The number of anilines is 1. The minimum absolute atomic E-state index is 0.0963. The number of hydrogen-bond acceptors (Lipinski definition) is 2. The molecule has 1 saturated carbocycles. The number of hydrogen-bond donors (Lipinski definition) is 0. The molecule has 0 N–H and O–H groups in total. The molecular weight excluding hydrogens is 301 g/mol. The summed E-state index contributed by atoms with van der Waals surface area (Å²) in [6, 6.07) is 1.99. The molecule has 0 bridgehead atoms. The van der Waals surface area contributed by atoms with Gasteiger partial charge in [0.25, 0.3) is 0 Å². The van der Waals surface area contributed by atoms with Gasteiger partial charge in [-0.2, -0.15) is 13.2 Å². The maximum absolute atomic E-state index is 12.9. The molecule has 1 aliphatic carbocycles. The highest BCUT2D eigenvalue weighted by Crippen LogP contribution is 2.46. The van der Waals surface area contributed by atoms with Crippen LogP contribution in [-0.4, -0.2) is 18.1 Å². The second kappa shape index (κ2) is 5.34. The average molecular weight is 319 g/mol. The predicted molar refractivity (Wildman–Crippen MR) is 76.6 cm³/mol. The molecule has 2 fully saturated rings. The molecule has 0 amide bonds. The maximum atomic E-state index is 12.9. The third-order valence-electron chi connectivity index (χ3n) is 4.92. The summed E-state index contributed by atoms with van der Waals surface area (Å²) < 4.78 is 38.6. The summed E-state index contributed by atoms with van der Waals surface area (Å²) in [5.74, 6) is 0.350. The van der Waals surface area contributed by atoms with Crippen LogP contribution in [0.5, 0.6) is 0 Å². The maximum Gasteiger partial charge on any atom is 0.416 e. The van der Waals surface area contributed by atoms with Crippen molar-refractivity contribution in [1.29, 1.82) is 0 Å². The summed E-state index contributed by atoms with van der Waals surface area (Å²) in [4.78, 5) is 6.01. The van der Waals surface area contributed by atoms with Gasteiger partial charge in [0.2, 0.25) is 0 Å². The van der Waals surface area contributed by atoms with Gasteiger partial charge in [-0.3, -0.25) is 0 Å². The molecule has 0 unspecified atom stereocenters. The third kappa shape index (κ3) is 3.12. The number of aromatic nitrogens is 1. The van der Waals surface area contributed by atoms with Crippen LogP contribution in [0.25, 0.3) is 0 Å². The zero-order valence-corrected chi connectivity index (χ0v) is 12.5. The molecule has 0 radical (unpaired) electrons. The van der Waals surface area contributed by atoms with Gasteiger partial charge in [-0.15, -0.1) is 0 Å². The van der Waals surface area contributed by atoms with Crippen molar-refractivity contribution in [3.05, 3.63) is 22.8 Å². The van der Waals surface area contributed by atoms with Crippen LogP contribution in [0.4, 0.5) is 19.0 Å². The largest absolute Gasteiger partial charge is 0.416 e. The van der Waals surface area contributed by atoms with E-state index in [1.165, 1.54) is 25.7 Å². The van der Waals surface area contributed by atoms with Crippen molar-refractivity contribution in [2.24, 2.45) is 5.41 Å². The summed E-state index contributed by atoms with van der Waals surface area (Å²) in [5, 5.41) is -0.0963. The lowest BCUT2D eigenvalue weighted by Gasteiger charge is -2.40. The average Bonchev–Trinajstić information content (AvgIpc) is 2.86. The standard InChI is InChI=1S/C15H18ClF3N2/c16-12-9-11(15(17,18)19)10-13(20-12)21-7-5-14(6-8-21)3-1-2-4-14/h9-10H,1-8H2. The molecule has 2 heterocycles. The Labute approximate surface area is 127 Å². The Morgan fingerprint density at radius 2 is 1.67 bits per heavy atom. The first kappa shape index (κ1) is 14.9. The second-order valence-corrected chi connectivity index (χ2v) is 6.62. The van der Waals surface area contributed by atoms with Crippen molar-refractivity contribution < 1.29 is 13.2 Å². The molecule has 1 aromatic heterocycles. The fourth-order valence-corrected chi connectivity index (χ4v) is 3.85. The number of halogens is 4. The first-order valence-corrected chi connectivity index (χ1v) is 7.76. The summed E-state index contributed by atoms with van der Waals surface area (Å²) in [6.07, 6.45) is 2.80. The van der Waals surface area contributed by atoms with Crippen molar-refractivity contribution in [3.8, 4) is 0 Å². The number of piperidine rings is 1.